The van der Waals surface area contributed by atoms with Crippen LogP contribution in [0.3, 0.4) is 0 Å². The van der Waals surface area contributed by atoms with Crippen LogP contribution in [0.1, 0.15) is 38.6 Å². The zero-order chi connectivity index (χ0) is 20.2. The number of aliphatic hydroxyl groups is 1. The number of nitrogen functional groups attached to an aromatic ring is 1. The molecule has 2 fully saturated rings. The molecule has 2 heterocycles. The molecule has 1 saturated carbocycles. The lowest BCUT2D eigenvalue weighted by atomic mass is 9.91. The van der Waals surface area contributed by atoms with Crippen LogP contribution in [0.4, 0.5) is 15.8 Å². The third-order valence-corrected chi connectivity index (χ3v) is 5.97. The van der Waals surface area contributed by atoms with E-state index in [4.69, 9.17) is 10.5 Å². The number of β-amino-alcohol motifs (C(OH)–C–C–N with tert-alkyl or cyclic N) is 1. The van der Waals surface area contributed by atoms with Gasteiger partial charge in [0.05, 0.1) is 24.3 Å². The molecule has 4 rings (SSSR count). The molecule has 152 valence electrons. The maximum atomic E-state index is 15.3. The number of hydrogen-bond acceptors (Lipinski definition) is 6. The summed E-state index contributed by atoms with van der Waals surface area (Å²) in [5, 5.41) is 10.4. The second-order valence-electron chi connectivity index (χ2n) is 7.66. The second kappa shape index (κ2) is 6.80. The Morgan fingerprint density at radius 2 is 2.04 bits per heavy atom. The molecule has 1 aliphatic carbocycles. The Kier molecular flexibility index (Phi) is 4.57. The molecule has 28 heavy (non-hydrogen) atoms. The van der Waals surface area contributed by atoms with Crippen molar-refractivity contribution in [3.8, 4) is 5.75 Å². The molecular weight excluding hydrogens is 367 g/mol. The molecule has 9 heteroatoms. The third kappa shape index (κ3) is 2.76. The molecule has 8 nitrogen and oxygen atoms in total. The lowest BCUT2D eigenvalue weighted by Crippen LogP contribution is -2.44. The smallest absolute Gasteiger partial charge is 0.329 e. The van der Waals surface area contributed by atoms with Crippen molar-refractivity contribution >= 4 is 22.3 Å². The van der Waals surface area contributed by atoms with E-state index in [-0.39, 0.29) is 46.5 Å². The molecule has 0 spiro atoms. The van der Waals surface area contributed by atoms with Gasteiger partial charge in [0.15, 0.2) is 11.6 Å². The minimum Gasteiger partial charge on any atom is -0.492 e. The van der Waals surface area contributed by atoms with E-state index in [1.807, 2.05) is 6.92 Å². The normalized spacial score (nSPS) is 22.6. The summed E-state index contributed by atoms with van der Waals surface area (Å²) in [6.45, 7) is 2.76. The average Bonchev–Trinajstić information content (AvgIpc) is 3.48. The van der Waals surface area contributed by atoms with Gasteiger partial charge in [0.2, 0.25) is 0 Å². The minimum atomic E-state index is -0.766. The van der Waals surface area contributed by atoms with Crippen LogP contribution in [0.5, 0.6) is 5.75 Å². The molecule has 2 atom stereocenters. The largest absolute Gasteiger partial charge is 0.492 e. The van der Waals surface area contributed by atoms with Crippen LogP contribution in [0.25, 0.3) is 10.9 Å². The van der Waals surface area contributed by atoms with Crippen molar-refractivity contribution in [3.05, 3.63) is 26.7 Å². The van der Waals surface area contributed by atoms with Crippen LogP contribution >= 0.6 is 0 Å². The highest BCUT2D eigenvalue weighted by atomic mass is 19.1. The number of piperidine rings is 1. The Morgan fingerprint density at radius 1 is 1.32 bits per heavy atom. The lowest BCUT2D eigenvalue weighted by Gasteiger charge is -2.38. The van der Waals surface area contributed by atoms with Crippen molar-refractivity contribution in [3.63, 3.8) is 0 Å². The van der Waals surface area contributed by atoms with E-state index in [0.29, 0.717) is 13.0 Å². The summed E-state index contributed by atoms with van der Waals surface area (Å²) in [5.41, 5.74) is 4.74. The number of aromatic nitrogens is 2. The predicted molar refractivity (Wildman–Crippen MR) is 105 cm³/mol. The van der Waals surface area contributed by atoms with Crippen LogP contribution in [0.2, 0.25) is 0 Å². The zero-order valence-corrected chi connectivity index (χ0v) is 16.0. The van der Waals surface area contributed by atoms with Gasteiger partial charge in [0.1, 0.15) is 11.2 Å². The van der Waals surface area contributed by atoms with E-state index in [9.17, 15) is 14.7 Å². The number of nitrogens with one attached hydrogen (secondary N) is 1. The highest BCUT2D eigenvalue weighted by Gasteiger charge is 2.35. The molecule has 2 aromatic rings. The number of ether oxygens (including phenoxy) is 1. The zero-order valence-electron chi connectivity index (χ0n) is 16.0. The van der Waals surface area contributed by atoms with Gasteiger partial charge >= 0.3 is 5.69 Å². The average molecular weight is 392 g/mol. The Labute approximate surface area is 160 Å². The van der Waals surface area contributed by atoms with Crippen molar-refractivity contribution < 1.29 is 14.2 Å². The van der Waals surface area contributed by atoms with Crippen LogP contribution < -0.4 is 26.6 Å². The first-order chi connectivity index (χ1) is 13.4. The van der Waals surface area contributed by atoms with E-state index >= 15 is 4.39 Å². The monoisotopic (exact) mass is 392 g/mol. The van der Waals surface area contributed by atoms with Gasteiger partial charge in [-0.05, 0) is 25.2 Å². The molecule has 2 unspecified atom stereocenters. The van der Waals surface area contributed by atoms with Crippen LogP contribution in [-0.4, -0.2) is 41.0 Å². The molecule has 0 amide bonds. The van der Waals surface area contributed by atoms with Crippen LogP contribution in [-0.2, 0) is 0 Å². The minimum absolute atomic E-state index is 0.0742. The Hall–Kier alpha value is -2.55. The quantitative estimate of drug-likeness (QED) is 0.677. The molecule has 1 aromatic carbocycles. The first-order valence-corrected chi connectivity index (χ1v) is 9.65. The number of rotatable bonds is 4. The first kappa shape index (κ1) is 18.8. The number of halogens is 1. The van der Waals surface area contributed by atoms with E-state index in [1.165, 1.54) is 11.7 Å². The number of H-pyrrole nitrogens is 1. The summed E-state index contributed by atoms with van der Waals surface area (Å²) in [6.07, 6.45) is 2.51. The number of fused-ring (bicyclic) bond motifs is 1. The molecule has 0 bridgehead atoms. The maximum Gasteiger partial charge on any atom is 0.329 e. The molecule has 1 aromatic heterocycles. The van der Waals surface area contributed by atoms with Crippen molar-refractivity contribution in [2.75, 3.05) is 30.8 Å². The second-order valence-corrected chi connectivity index (χ2v) is 7.66. The van der Waals surface area contributed by atoms with Crippen LogP contribution in [0.15, 0.2) is 9.59 Å². The number of aliphatic hydroxyl groups excluding tert-OH is 1. The fourth-order valence-corrected chi connectivity index (χ4v) is 4.29. The van der Waals surface area contributed by atoms with E-state index in [1.54, 1.807) is 4.90 Å². The van der Waals surface area contributed by atoms with Gasteiger partial charge in [-0.3, -0.25) is 14.3 Å². The van der Waals surface area contributed by atoms with E-state index < -0.39 is 23.2 Å². The topological polar surface area (TPSA) is 114 Å². The highest BCUT2D eigenvalue weighted by molar-refractivity contribution is 5.99. The number of benzene rings is 1. The number of nitrogens with two attached hydrogens (primary N) is 1. The van der Waals surface area contributed by atoms with E-state index in [2.05, 4.69) is 4.98 Å². The number of nitrogens with zero attached hydrogens (tertiary/aromatic N) is 2. The van der Waals surface area contributed by atoms with Crippen molar-refractivity contribution in [2.45, 2.75) is 44.8 Å². The molecular formula is C19H25FN4O4. The summed E-state index contributed by atoms with van der Waals surface area (Å²) >= 11 is 0. The maximum absolute atomic E-state index is 15.3. The Balaban J connectivity index is 2.00. The van der Waals surface area contributed by atoms with Gasteiger partial charge in [0.25, 0.3) is 5.56 Å². The van der Waals surface area contributed by atoms with Gasteiger partial charge in [-0.2, -0.15) is 0 Å². The fraction of sp³-hybridized carbons (Fsp3) is 0.579. The van der Waals surface area contributed by atoms with Gasteiger partial charge in [-0.1, -0.05) is 13.3 Å². The van der Waals surface area contributed by atoms with Crippen molar-refractivity contribution in [2.24, 2.45) is 5.92 Å². The summed E-state index contributed by atoms with van der Waals surface area (Å²) in [6, 6.07) is -0.0742. The summed E-state index contributed by atoms with van der Waals surface area (Å²) in [5.74, 6) is -0.507. The predicted octanol–water partition coefficient (Wildman–Crippen LogP) is 1.35. The molecule has 1 aliphatic heterocycles. The molecule has 0 radical (unpaired) electrons. The van der Waals surface area contributed by atoms with Gasteiger partial charge < -0.3 is 20.5 Å². The Morgan fingerprint density at radius 3 is 2.61 bits per heavy atom. The van der Waals surface area contributed by atoms with Crippen molar-refractivity contribution in [1.29, 1.82) is 0 Å². The van der Waals surface area contributed by atoms with Gasteiger partial charge in [-0.15, -0.1) is 0 Å². The number of aromatic amines is 1. The Bertz CT molecular complexity index is 1040. The van der Waals surface area contributed by atoms with Crippen molar-refractivity contribution in [1.82, 2.24) is 9.55 Å². The molecule has 1 saturated heterocycles. The van der Waals surface area contributed by atoms with E-state index in [0.717, 1.165) is 19.3 Å². The van der Waals surface area contributed by atoms with Gasteiger partial charge in [-0.25, -0.2) is 9.18 Å². The lowest BCUT2D eigenvalue weighted by molar-refractivity contribution is 0.0904. The third-order valence-electron chi connectivity index (χ3n) is 5.97. The fourth-order valence-electron chi connectivity index (χ4n) is 4.29. The van der Waals surface area contributed by atoms with Gasteiger partial charge in [0, 0.05) is 19.1 Å². The number of hydrogen-bond donors (Lipinski definition) is 3. The molecule has 4 N–H and O–H groups in total. The number of methoxy groups -OCH3 is 1. The summed E-state index contributed by atoms with van der Waals surface area (Å²) in [7, 11) is 1.38. The number of anilines is 2. The summed E-state index contributed by atoms with van der Waals surface area (Å²) < 4.78 is 22.3. The standard InChI is InChI=1S/C19H25FN4O4/c1-3-9-6-7-23(8-11(9)25)16-13(20)14(21)12-15(17(16)28-2)24(10-4-5-10)19(27)22-18(12)26/h9-11,25H,3-8,21H2,1-2H3,(H,22,26,27). The van der Waals surface area contributed by atoms with Crippen LogP contribution in [0, 0.1) is 11.7 Å². The first-order valence-electron chi connectivity index (χ1n) is 9.65. The molecule has 2 aliphatic rings. The summed E-state index contributed by atoms with van der Waals surface area (Å²) in [4.78, 5) is 28.9. The highest BCUT2D eigenvalue weighted by Crippen LogP contribution is 2.45. The SMILES string of the molecule is CCC1CCN(c2c(F)c(N)c3c(=O)[nH]c(=O)n(C4CC4)c3c2OC)CC1O.